The van der Waals surface area contributed by atoms with E-state index in [9.17, 15) is 14.7 Å². The highest BCUT2D eigenvalue weighted by molar-refractivity contribution is 5.82. The van der Waals surface area contributed by atoms with Gasteiger partial charge < -0.3 is 14.6 Å². The molecule has 1 N–H and O–H groups in total. The predicted octanol–water partition coefficient (Wildman–Crippen LogP) is 2.24. The van der Waals surface area contributed by atoms with Crippen molar-refractivity contribution in [1.82, 2.24) is 0 Å². The molecule has 1 heterocycles. The van der Waals surface area contributed by atoms with Crippen molar-refractivity contribution in [3.63, 3.8) is 0 Å². The lowest BCUT2D eigenvalue weighted by Crippen LogP contribution is -2.34. The Kier molecular flexibility index (Phi) is 5.79. The molecule has 0 aromatic heterocycles. The Morgan fingerprint density at radius 2 is 1.84 bits per heavy atom. The monoisotopic (exact) mass is 272 g/mol. The molecule has 0 amide bonds. The number of methoxy groups -OCH3 is 1. The molecule has 2 rings (SSSR count). The number of esters is 1. The molecule has 1 saturated heterocycles. The zero-order chi connectivity index (χ0) is 14.5. The molecule has 19 heavy (non-hydrogen) atoms. The Balaban J connectivity index is 0.000000861. The Labute approximate surface area is 114 Å². The molecule has 3 unspecified atom stereocenters. The first-order valence-electron chi connectivity index (χ1n) is 7.02. The molecule has 1 aliphatic carbocycles. The minimum Gasteiger partial charge on any atom is -0.481 e. The summed E-state index contributed by atoms with van der Waals surface area (Å²) >= 11 is 0. The molecule has 3 atom stereocenters. The average Bonchev–Trinajstić information content (AvgIpc) is 2.80. The SMILES string of the molecule is CC.COC(=O)C1CC2(CCCCO2)CC1C(=O)O. The van der Waals surface area contributed by atoms with E-state index in [1.807, 2.05) is 13.8 Å². The van der Waals surface area contributed by atoms with Gasteiger partial charge in [0, 0.05) is 6.61 Å². The third kappa shape index (κ3) is 3.47. The van der Waals surface area contributed by atoms with Crippen LogP contribution in [-0.4, -0.2) is 36.4 Å². The fourth-order valence-electron chi connectivity index (χ4n) is 3.06. The largest absolute Gasteiger partial charge is 0.481 e. The number of ether oxygens (including phenoxy) is 2. The highest BCUT2D eigenvalue weighted by Crippen LogP contribution is 2.46. The molecule has 1 spiro atoms. The van der Waals surface area contributed by atoms with Crippen LogP contribution >= 0.6 is 0 Å². The van der Waals surface area contributed by atoms with Gasteiger partial charge in [0.2, 0.25) is 0 Å². The molecule has 1 aliphatic heterocycles. The minimum atomic E-state index is -0.925. The van der Waals surface area contributed by atoms with E-state index >= 15 is 0 Å². The van der Waals surface area contributed by atoms with Gasteiger partial charge in [-0.05, 0) is 32.1 Å². The minimum absolute atomic E-state index is 0.403. The Bertz CT molecular complexity index is 320. The lowest BCUT2D eigenvalue weighted by molar-refractivity contribution is -0.154. The van der Waals surface area contributed by atoms with Crippen LogP contribution in [0.4, 0.5) is 0 Å². The lowest BCUT2D eigenvalue weighted by Gasteiger charge is -2.33. The summed E-state index contributed by atoms with van der Waals surface area (Å²) in [6, 6.07) is 0. The van der Waals surface area contributed by atoms with Gasteiger partial charge in [-0.1, -0.05) is 13.8 Å². The molecular weight excluding hydrogens is 248 g/mol. The maximum atomic E-state index is 11.6. The quantitative estimate of drug-likeness (QED) is 0.780. The van der Waals surface area contributed by atoms with E-state index in [0.29, 0.717) is 19.4 Å². The van der Waals surface area contributed by atoms with Crippen LogP contribution in [0.15, 0.2) is 0 Å². The molecule has 2 fully saturated rings. The van der Waals surface area contributed by atoms with Crippen molar-refractivity contribution in [2.75, 3.05) is 13.7 Å². The number of rotatable bonds is 2. The second kappa shape index (κ2) is 6.89. The number of carboxylic acid groups (broad SMARTS) is 1. The van der Waals surface area contributed by atoms with E-state index in [1.165, 1.54) is 7.11 Å². The second-order valence-electron chi connectivity index (χ2n) is 4.97. The maximum Gasteiger partial charge on any atom is 0.309 e. The topological polar surface area (TPSA) is 72.8 Å². The first-order chi connectivity index (χ1) is 9.08. The van der Waals surface area contributed by atoms with Crippen molar-refractivity contribution in [3.05, 3.63) is 0 Å². The highest BCUT2D eigenvalue weighted by atomic mass is 16.5. The highest BCUT2D eigenvalue weighted by Gasteiger charge is 2.52. The molecule has 0 aromatic rings. The third-order valence-corrected chi connectivity index (χ3v) is 3.93. The Hall–Kier alpha value is -1.10. The predicted molar refractivity (Wildman–Crippen MR) is 69.7 cm³/mol. The molecule has 1 saturated carbocycles. The Morgan fingerprint density at radius 1 is 1.21 bits per heavy atom. The number of aliphatic carboxylic acids is 1. The van der Waals surface area contributed by atoms with E-state index in [2.05, 4.69) is 0 Å². The first kappa shape index (κ1) is 16.0. The summed E-state index contributed by atoms with van der Waals surface area (Å²) in [7, 11) is 1.30. The summed E-state index contributed by atoms with van der Waals surface area (Å²) in [5.74, 6) is -2.58. The van der Waals surface area contributed by atoms with Crippen molar-refractivity contribution in [2.45, 2.75) is 51.6 Å². The fourth-order valence-corrected chi connectivity index (χ4v) is 3.06. The summed E-state index contributed by atoms with van der Waals surface area (Å²) in [6.07, 6.45) is 3.83. The van der Waals surface area contributed by atoms with Crippen molar-refractivity contribution in [2.24, 2.45) is 11.8 Å². The van der Waals surface area contributed by atoms with Crippen molar-refractivity contribution >= 4 is 11.9 Å². The zero-order valence-corrected chi connectivity index (χ0v) is 12.0. The van der Waals surface area contributed by atoms with E-state index in [-0.39, 0.29) is 0 Å². The van der Waals surface area contributed by atoms with Crippen LogP contribution in [0, 0.1) is 11.8 Å². The van der Waals surface area contributed by atoms with Gasteiger partial charge >= 0.3 is 11.9 Å². The number of hydrogen-bond donors (Lipinski definition) is 1. The third-order valence-electron chi connectivity index (χ3n) is 3.93. The van der Waals surface area contributed by atoms with Gasteiger partial charge in [-0.25, -0.2) is 0 Å². The number of carboxylic acids is 1. The van der Waals surface area contributed by atoms with Crippen LogP contribution < -0.4 is 0 Å². The summed E-state index contributed by atoms with van der Waals surface area (Å²) in [6.45, 7) is 4.67. The molecule has 0 radical (unpaired) electrons. The smallest absolute Gasteiger partial charge is 0.309 e. The molecule has 2 aliphatic rings. The molecule has 0 aromatic carbocycles. The second-order valence-corrected chi connectivity index (χ2v) is 4.97. The van der Waals surface area contributed by atoms with Crippen LogP contribution in [0.3, 0.4) is 0 Å². The normalized spacial score (nSPS) is 33.4. The van der Waals surface area contributed by atoms with E-state index in [1.54, 1.807) is 0 Å². The molecule has 5 heteroatoms. The fraction of sp³-hybridized carbons (Fsp3) is 0.857. The van der Waals surface area contributed by atoms with Crippen LogP contribution in [0.25, 0.3) is 0 Å². The van der Waals surface area contributed by atoms with Gasteiger partial charge in [-0.15, -0.1) is 0 Å². The number of carbonyl (C=O) groups excluding carboxylic acids is 1. The molecule has 0 bridgehead atoms. The van der Waals surface area contributed by atoms with E-state index in [4.69, 9.17) is 9.47 Å². The van der Waals surface area contributed by atoms with Gasteiger partial charge in [0.25, 0.3) is 0 Å². The maximum absolute atomic E-state index is 11.6. The number of carbonyl (C=O) groups is 2. The van der Waals surface area contributed by atoms with E-state index in [0.717, 1.165) is 19.3 Å². The van der Waals surface area contributed by atoms with Gasteiger partial charge in [-0.2, -0.15) is 0 Å². The van der Waals surface area contributed by atoms with Gasteiger partial charge in [0.15, 0.2) is 0 Å². The van der Waals surface area contributed by atoms with Crippen molar-refractivity contribution < 1.29 is 24.2 Å². The lowest BCUT2D eigenvalue weighted by atomic mass is 9.91. The van der Waals surface area contributed by atoms with Gasteiger partial charge in [-0.3, -0.25) is 9.59 Å². The van der Waals surface area contributed by atoms with Crippen LogP contribution in [0.5, 0.6) is 0 Å². The van der Waals surface area contributed by atoms with Gasteiger partial charge in [0.05, 0.1) is 24.5 Å². The molecular formula is C14H24O5. The van der Waals surface area contributed by atoms with Crippen molar-refractivity contribution in [3.8, 4) is 0 Å². The number of hydrogen-bond acceptors (Lipinski definition) is 4. The summed E-state index contributed by atoms with van der Waals surface area (Å²) < 4.78 is 10.5. The summed E-state index contributed by atoms with van der Waals surface area (Å²) in [5, 5.41) is 9.18. The molecule has 5 nitrogen and oxygen atoms in total. The standard InChI is InChI=1S/C12H18O5.C2H6/c1-16-11(15)9-7-12(4-2-3-5-17-12)6-8(9)10(13)14;1-2/h8-9H,2-7H2,1H3,(H,13,14);1-2H3. The first-order valence-corrected chi connectivity index (χ1v) is 7.02. The zero-order valence-electron chi connectivity index (χ0n) is 12.0. The summed E-state index contributed by atoms with van der Waals surface area (Å²) in [5.41, 5.74) is -0.403. The summed E-state index contributed by atoms with van der Waals surface area (Å²) in [4.78, 5) is 22.8. The Morgan fingerprint density at radius 3 is 2.32 bits per heavy atom. The van der Waals surface area contributed by atoms with Crippen molar-refractivity contribution in [1.29, 1.82) is 0 Å². The van der Waals surface area contributed by atoms with Crippen LogP contribution in [0.2, 0.25) is 0 Å². The van der Waals surface area contributed by atoms with Crippen LogP contribution in [-0.2, 0) is 19.1 Å². The van der Waals surface area contributed by atoms with Crippen LogP contribution in [0.1, 0.15) is 46.0 Å². The average molecular weight is 272 g/mol. The van der Waals surface area contributed by atoms with E-state index < -0.39 is 29.4 Å². The van der Waals surface area contributed by atoms with Gasteiger partial charge in [0.1, 0.15) is 0 Å². The molecule has 110 valence electrons.